The molecule has 31 heavy (non-hydrogen) atoms. The molecule has 0 spiro atoms. The second kappa shape index (κ2) is 8.88. The van der Waals surface area contributed by atoms with Crippen LogP contribution >= 0.6 is 0 Å². The quantitative estimate of drug-likeness (QED) is 0.337. The minimum absolute atomic E-state index is 0.281. The Bertz CT molecular complexity index is 1180. The Labute approximate surface area is 181 Å². The molecule has 0 amide bonds. The zero-order chi connectivity index (χ0) is 21.8. The lowest BCUT2D eigenvalue weighted by Gasteiger charge is -2.12. The summed E-state index contributed by atoms with van der Waals surface area (Å²) in [6, 6.07) is 22.1. The van der Waals surface area contributed by atoms with Gasteiger partial charge in [0.25, 0.3) is 0 Å². The SMILES string of the molecule is C=CCn1c(-c2ccc(F)cc2)nc(-c2ccc(OC)cc2)c1-c1ccc(OC)cc1. The molecule has 0 saturated carbocycles. The average molecular weight is 414 g/mol. The van der Waals surface area contributed by atoms with Gasteiger partial charge in [-0.3, -0.25) is 0 Å². The maximum absolute atomic E-state index is 13.5. The predicted octanol–water partition coefficient (Wildman–Crippen LogP) is 6.23. The van der Waals surface area contributed by atoms with E-state index >= 15 is 0 Å². The van der Waals surface area contributed by atoms with E-state index in [-0.39, 0.29) is 5.82 Å². The van der Waals surface area contributed by atoms with Crippen LogP contribution in [0.2, 0.25) is 0 Å². The Kier molecular flexibility index (Phi) is 5.85. The second-order valence-electron chi connectivity index (χ2n) is 7.00. The first-order valence-corrected chi connectivity index (χ1v) is 9.90. The number of halogens is 1. The highest BCUT2D eigenvalue weighted by Crippen LogP contribution is 2.37. The van der Waals surface area contributed by atoms with Gasteiger partial charge in [0.05, 0.1) is 25.6 Å². The van der Waals surface area contributed by atoms with E-state index in [9.17, 15) is 4.39 Å². The smallest absolute Gasteiger partial charge is 0.141 e. The molecule has 0 N–H and O–H groups in total. The van der Waals surface area contributed by atoms with Crippen LogP contribution in [0.3, 0.4) is 0 Å². The van der Waals surface area contributed by atoms with Crippen LogP contribution in [0.4, 0.5) is 4.39 Å². The number of methoxy groups -OCH3 is 2. The molecule has 1 heterocycles. The summed E-state index contributed by atoms with van der Waals surface area (Å²) < 4.78 is 26.3. The van der Waals surface area contributed by atoms with Crippen molar-refractivity contribution in [2.45, 2.75) is 6.54 Å². The first kappa shape index (κ1) is 20.4. The minimum atomic E-state index is -0.281. The first-order chi connectivity index (χ1) is 15.1. The minimum Gasteiger partial charge on any atom is -0.497 e. The lowest BCUT2D eigenvalue weighted by atomic mass is 10.0. The predicted molar refractivity (Wildman–Crippen MR) is 122 cm³/mol. The van der Waals surface area contributed by atoms with E-state index in [0.717, 1.165) is 45.4 Å². The summed E-state index contributed by atoms with van der Waals surface area (Å²) in [5.41, 5.74) is 4.56. The number of hydrogen-bond donors (Lipinski definition) is 0. The molecular weight excluding hydrogens is 391 g/mol. The summed E-state index contributed by atoms with van der Waals surface area (Å²) in [4.78, 5) is 4.99. The first-order valence-electron chi connectivity index (χ1n) is 9.90. The zero-order valence-electron chi connectivity index (χ0n) is 17.5. The van der Waals surface area contributed by atoms with Crippen molar-refractivity contribution in [1.82, 2.24) is 9.55 Å². The van der Waals surface area contributed by atoms with Gasteiger partial charge in [0.1, 0.15) is 23.1 Å². The molecule has 0 aliphatic carbocycles. The lowest BCUT2D eigenvalue weighted by molar-refractivity contribution is 0.414. The van der Waals surface area contributed by atoms with Crippen LogP contribution in [-0.4, -0.2) is 23.8 Å². The third-order valence-electron chi connectivity index (χ3n) is 5.11. The van der Waals surface area contributed by atoms with Crippen LogP contribution in [0.15, 0.2) is 85.5 Å². The fourth-order valence-electron chi connectivity index (χ4n) is 3.57. The fourth-order valence-corrected chi connectivity index (χ4v) is 3.57. The fraction of sp³-hybridized carbons (Fsp3) is 0.115. The number of rotatable bonds is 7. The third-order valence-corrected chi connectivity index (χ3v) is 5.11. The molecule has 0 aliphatic rings. The van der Waals surface area contributed by atoms with E-state index in [1.807, 2.05) is 54.6 Å². The standard InChI is InChI=1S/C26H23FN2O2/c1-4-17-29-25(19-9-15-23(31-3)16-10-19)24(18-7-13-22(30-2)14-8-18)28-26(29)20-5-11-21(27)12-6-20/h4-16H,1,17H2,2-3H3. The van der Waals surface area contributed by atoms with E-state index in [1.54, 1.807) is 26.4 Å². The largest absolute Gasteiger partial charge is 0.497 e. The van der Waals surface area contributed by atoms with Crippen molar-refractivity contribution in [3.05, 3.63) is 91.3 Å². The number of nitrogens with zero attached hydrogens (tertiary/aromatic N) is 2. The van der Waals surface area contributed by atoms with Crippen LogP contribution in [0.5, 0.6) is 11.5 Å². The Morgan fingerprint density at radius 2 is 1.32 bits per heavy atom. The highest BCUT2D eigenvalue weighted by atomic mass is 19.1. The number of imidazole rings is 1. The number of allylic oxidation sites excluding steroid dienone is 1. The molecule has 4 rings (SSSR count). The molecule has 1 aromatic heterocycles. The van der Waals surface area contributed by atoms with Crippen molar-refractivity contribution >= 4 is 0 Å². The molecule has 0 unspecified atom stereocenters. The van der Waals surface area contributed by atoms with E-state index in [0.29, 0.717) is 6.54 Å². The number of ether oxygens (including phenoxy) is 2. The Morgan fingerprint density at radius 3 is 1.84 bits per heavy atom. The molecule has 0 fully saturated rings. The zero-order valence-corrected chi connectivity index (χ0v) is 17.5. The molecule has 0 bridgehead atoms. The highest BCUT2D eigenvalue weighted by Gasteiger charge is 2.21. The summed E-state index contributed by atoms with van der Waals surface area (Å²) in [5, 5.41) is 0. The molecule has 0 aliphatic heterocycles. The average Bonchev–Trinajstić information content (AvgIpc) is 3.19. The molecule has 0 radical (unpaired) electrons. The molecular formula is C26H23FN2O2. The topological polar surface area (TPSA) is 36.3 Å². The van der Waals surface area contributed by atoms with Crippen molar-refractivity contribution in [2.24, 2.45) is 0 Å². The van der Waals surface area contributed by atoms with Crippen molar-refractivity contribution in [1.29, 1.82) is 0 Å². The van der Waals surface area contributed by atoms with Gasteiger partial charge in [-0.15, -0.1) is 6.58 Å². The molecule has 4 nitrogen and oxygen atoms in total. The Balaban J connectivity index is 1.97. The second-order valence-corrected chi connectivity index (χ2v) is 7.00. The molecule has 5 heteroatoms. The van der Waals surface area contributed by atoms with Gasteiger partial charge in [-0.05, 0) is 72.8 Å². The molecule has 3 aromatic carbocycles. The summed E-state index contributed by atoms with van der Waals surface area (Å²) in [7, 11) is 3.29. The van der Waals surface area contributed by atoms with E-state index in [2.05, 4.69) is 11.1 Å². The van der Waals surface area contributed by atoms with Crippen LogP contribution in [-0.2, 0) is 6.54 Å². The number of aromatic nitrogens is 2. The van der Waals surface area contributed by atoms with E-state index in [4.69, 9.17) is 14.5 Å². The van der Waals surface area contributed by atoms with E-state index in [1.165, 1.54) is 12.1 Å². The van der Waals surface area contributed by atoms with Crippen molar-refractivity contribution in [3.63, 3.8) is 0 Å². The van der Waals surface area contributed by atoms with Gasteiger partial charge < -0.3 is 14.0 Å². The van der Waals surface area contributed by atoms with Gasteiger partial charge in [0.2, 0.25) is 0 Å². The van der Waals surface area contributed by atoms with Gasteiger partial charge in [0, 0.05) is 23.2 Å². The molecule has 0 atom stereocenters. The summed E-state index contributed by atoms with van der Waals surface area (Å²) >= 11 is 0. The Hall–Kier alpha value is -3.86. The number of hydrogen-bond acceptors (Lipinski definition) is 3. The van der Waals surface area contributed by atoms with Gasteiger partial charge in [0.15, 0.2) is 0 Å². The maximum atomic E-state index is 13.5. The normalized spacial score (nSPS) is 10.7. The van der Waals surface area contributed by atoms with Gasteiger partial charge in [-0.1, -0.05) is 6.08 Å². The highest BCUT2D eigenvalue weighted by molar-refractivity contribution is 5.82. The van der Waals surface area contributed by atoms with Crippen molar-refractivity contribution in [3.8, 4) is 45.4 Å². The molecule has 0 saturated heterocycles. The Morgan fingerprint density at radius 1 is 0.806 bits per heavy atom. The van der Waals surface area contributed by atoms with Crippen molar-refractivity contribution in [2.75, 3.05) is 14.2 Å². The van der Waals surface area contributed by atoms with Gasteiger partial charge in [-0.2, -0.15) is 0 Å². The maximum Gasteiger partial charge on any atom is 0.141 e. The van der Waals surface area contributed by atoms with Crippen LogP contribution in [0.1, 0.15) is 0 Å². The summed E-state index contributed by atoms with van der Waals surface area (Å²) in [6.07, 6.45) is 1.83. The summed E-state index contributed by atoms with van der Waals surface area (Å²) in [6.45, 7) is 4.48. The van der Waals surface area contributed by atoms with Crippen molar-refractivity contribution < 1.29 is 13.9 Å². The summed E-state index contributed by atoms with van der Waals surface area (Å²) in [5.74, 6) is 2.02. The van der Waals surface area contributed by atoms with Gasteiger partial charge in [-0.25, -0.2) is 9.37 Å². The monoisotopic (exact) mass is 414 g/mol. The molecule has 156 valence electrons. The molecule has 4 aromatic rings. The number of benzene rings is 3. The van der Waals surface area contributed by atoms with Gasteiger partial charge >= 0.3 is 0 Å². The van der Waals surface area contributed by atoms with Crippen LogP contribution in [0.25, 0.3) is 33.9 Å². The third kappa shape index (κ3) is 4.08. The van der Waals surface area contributed by atoms with E-state index < -0.39 is 0 Å². The van der Waals surface area contributed by atoms with Crippen LogP contribution in [0, 0.1) is 5.82 Å². The lowest BCUT2D eigenvalue weighted by Crippen LogP contribution is -2.01. The van der Waals surface area contributed by atoms with Crippen LogP contribution < -0.4 is 9.47 Å².